The summed E-state index contributed by atoms with van der Waals surface area (Å²) in [5.74, 6) is -1.85. The largest absolute Gasteiger partial charge is 0.508 e. The molecule has 0 spiro atoms. The van der Waals surface area contributed by atoms with Crippen molar-refractivity contribution in [3.05, 3.63) is 29.8 Å². The number of methoxy groups -OCH3 is 1. The van der Waals surface area contributed by atoms with E-state index in [0.717, 1.165) is 5.56 Å². The number of hydrogen-bond acceptors (Lipinski definition) is 7. The van der Waals surface area contributed by atoms with Gasteiger partial charge in [-0.3, -0.25) is 24.6 Å². The predicted molar refractivity (Wildman–Crippen MR) is 101 cm³/mol. The molecular formula is C19H24N2O5S. The van der Waals surface area contributed by atoms with E-state index in [-0.39, 0.29) is 24.1 Å². The number of hydrogen-bond donors (Lipinski definition) is 2. The number of nitrogens with one attached hydrogen (secondary N) is 1. The molecule has 4 atom stereocenters. The quantitative estimate of drug-likeness (QED) is 0.557. The van der Waals surface area contributed by atoms with E-state index in [0.29, 0.717) is 12.2 Å². The molecule has 3 rings (SSSR count). The van der Waals surface area contributed by atoms with Crippen molar-refractivity contribution in [2.45, 2.75) is 24.9 Å². The topological polar surface area (TPSA) is 95.9 Å². The minimum atomic E-state index is -1.25. The second-order valence-corrected chi connectivity index (χ2v) is 7.83. The highest BCUT2D eigenvalue weighted by atomic mass is 32.2. The van der Waals surface area contributed by atoms with Crippen LogP contribution in [0.1, 0.15) is 24.9 Å². The van der Waals surface area contributed by atoms with Gasteiger partial charge in [-0.1, -0.05) is 12.1 Å². The highest BCUT2D eigenvalue weighted by Crippen LogP contribution is 2.50. The molecular weight excluding hydrogens is 368 g/mol. The number of esters is 1. The number of rotatable bonds is 6. The molecule has 146 valence electrons. The lowest BCUT2D eigenvalue weighted by Crippen LogP contribution is -2.56. The molecule has 2 amide bonds. The fourth-order valence-electron chi connectivity index (χ4n) is 4.31. The summed E-state index contributed by atoms with van der Waals surface area (Å²) in [4.78, 5) is 40.2. The summed E-state index contributed by atoms with van der Waals surface area (Å²) >= 11 is 1.57. The monoisotopic (exact) mass is 392 g/mol. The number of carbonyl (C=O) groups is 3. The fraction of sp³-hybridized carbons (Fsp3) is 0.526. The molecule has 2 aliphatic rings. The van der Waals surface area contributed by atoms with Crippen LogP contribution in [0.2, 0.25) is 0 Å². The molecule has 7 nitrogen and oxygen atoms in total. The SMILES string of the molecule is CCN1C(=O)[C@@H]2[C@H](c3ccc(O)cc3)N[C@](CCSC)(C(=O)OC)[C@H]2C1=O. The van der Waals surface area contributed by atoms with Gasteiger partial charge in [0, 0.05) is 12.6 Å². The zero-order valence-corrected chi connectivity index (χ0v) is 16.4. The maximum atomic E-state index is 13.1. The van der Waals surface area contributed by atoms with Crippen LogP contribution in [0, 0.1) is 11.8 Å². The van der Waals surface area contributed by atoms with Crippen LogP contribution in [0.3, 0.4) is 0 Å². The lowest BCUT2D eigenvalue weighted by molar-refractivity contribution is -0.154. The minimum Gasteiger partial charge on any atom is -0.508 e. The van der Waals surface area contributed by atoms with Gasteiger partial charge < -0.3 is 9.84 Å². The molecule has 2 saturated heterocycles. The number of phenols is 1. The molecule has 0 radical (unpaired) electrons. The highest BCUT2D eigenvalue weighted by molar-refractivity contribution is 7.98. The molecule has 2 heterocycles. The van der Waals surface area contributed by atoms with Crippen molar-refractivity contribution in [2.24, 2.45) is 11.8 Å². The third-order valence-corrected chi connectivity index (χ3v) is 6.18. The number of carbonyl (C=O) groups excluding carboxylic acids is 3. The van der Waals surface area contributed by atoms with Crippen LogP contribution < -0.4 is 5.32 Å². The molecule has 1 aromatic carbocycles. The normalized spacial score (nSPS) is 29.9. The van der Waals surface area contributed by atoms with Crippen molar-refractivity contribution in [2.75, 3.05) is 25.7 Å². The maximum absolute atomic E-state index is 13.1. The molecule has 2 fully saturated rings. The molecule has 2 N–H and O–H groups in total. The van der Waals surface area contributed by atoms with E-state index < -0.39 is 29.4 Å². The molecule has 27 heavy (non-hydrogen) atoms. The Hall–Kier alpha value is -2.06. The number of ether oxygens (including phenoxy) is 1. The Kier molecular flexibility index (Phi) is 5.48. The zero-order chi connectivity index (χ0) is 19.8. The van der Waals surface area contributed by atoms with Gasteiger partial charge in [0.25, 0.3) is 0 Å². The van der Waals surface area contributed by atoms with Gasteiger partial charge >= 0.3 is 5.97 Å². The maximum Gasteiger partial charge on any atom is 0.326 e. The van der Waals surface area contributed by atoms with Crippen molar-refractivity contribution < 1.29 is 24.2 Å². The van der Waals surface area contributed by atoms with Crippen molar-refractivity contribution in [1.29, 1.82) is 0 Å². The second kappa shape index (κ2) is 7.52. The first-order chi connectivity index (χ1) is 12.9. The summed E-state index contributed by atoms with van der Waals surface area (Å²) in [6.07, 6.45) is 2.31. The first-order valence-corrected chi connectivity index (χ1v) is 10.3. The molecule has 0 saturated carbocycles. The Morgan fingerprint density at radius 3 is 2.52 bits per heavy atom. The van der Waals surface area contributed by atoms with E-state index in [9.17, 15) is 19.5 Å². The molecule has 8 heteroatoms. The van der Waals surface area contributed by atoms with E-state index in [1.54, 1.807) is 30.8 Å². The zero-order valence-electron chi connectivity index (χ0n) is 15.6. The summed E-state index contributed by atoms with van der Waals surface area (Å²) in [6, 6.07) is 5.97. The number of amides is 2. The van der Waals surface area contributed by atoms with E-state index in [4.69, 9.17) is 4.74 Å². The second-order valence-electron chi connectivity index (χ2n) is 6.84. The first kappa shape index (κ1) is 19.7. The minimum absolute atomic E-state index is 0.110. The van der Waals surface area contributed by atoms with Gasteiger partial charge in [-0.2, -0.15) is 11.8 Å². The third-order valence-electron chi connectivity index (χ3n) is 5.56. The fourth-order valence-corrected chi connectivity index (χ4v) is 4.83. The molecule has 2 aliphatic heterocycles. The van der Waals surface area contributed by atoms with Gasteiger partial charge in [-0.25, -0.2) is 0 Å². The Balaban J connectivity index is 2.12. The van der Waals surface area contributed by atoms with Crippen LogP contribution >= 0.6 is 11.8 Å². The Morgan fingerprint density at radius 2 is 1.96 bits per heavy atom. The van der Waals surface area contributed by atoms with Crippen molar-refractivity contribution in [3.63, 3.8) is 0 Å². The van der Waals surface area contributed by atoms with Crippen LogP contribution in [0.25, 0.3) is 0 Å². The van der Waals surface area contributed by atoms with Gasteiger partial charge in [0.1, 0.15) is 11.3 Å². The highest BCUT2D eigenvalue weighted by Gasteiger charge is 2.68. The number of benzene rings is 1. The van der Waals surface area contributed by atoms with E-state index in [1.165, 1.54) is 24.1 Å². The van der Waals surface area contributed by atoms with Crippen molar-refractivity contribution in [3.8, 4) is 5.75 Å². The van der Waals surface area contributed by atoms with Gasteiger partial charge in [-0.05, 0) is 43.0 Å². The van der Waals surface area contributed by atoms with E-state index in [2.05, 4.69) is 5.32 Å². The average molecular weight is 392 g/mol. The standard InChI is InChI=1S/C19H24N2O5S/c1-4-21-16(23)13-14(17(21)24)19(9-10-27-3,18(25)26-2)20-15(13)11-5-7-12(22)8-6-11/h5-8,13-15,20,22H,4,9-10H2,1-3H3/t13-,14+,15-,19-/m0/s1. The summed E-state index contributed by atoms with van der Waals surface area (Å²) in [5.41, 5.74) is -0.501. The molecule has 0 aliphatic carbocycles. The number of aromatic hydroxyl groups is 1. The predicted octanol–water partition coefficient (Wildman–Crippen LogP) is 1.32. The van der Waals surface area contributed by atoms with Gasteiger partial charge in [0.15, 0.2) is 0 Å². The average Bonchev–Trinajstić information content (AvgIpc) is 3.14. The number of fused-ring (bicyclic) bond motifs is 1. The number of nitrogens with zero attached hydrogens (tertiary/aromatic N) is 1. The lowest BCUT2D eigenvalue weighted by Gasteiger charge is -2.32. The number of phenolic OH excluding ortho intramolecular Hbond substituents is 1. The Labute approximate surface area is 162 Å². The first-order valence-electron chi connectivity index (χ1n) is 8.90. The third kappa shape index (κ3) is 3.00. The van der Waals surface area contributed by atoms with Crippen LogP contribution in [-0.4, -0.2) is 59.0 Å². The van der Waals surface area contributed by atoms with Crippen molar-refractivity contribution >= 4 is 29.5 Å². The van der Waals surface area contributed by atoms with E-state index in [1.807, 2.05) is 6.26 Å². The van der Waals surface area contributed by atoms with Gasteiger partial charge in [0.2, 0.25) is 11.8 Å². The van der Waals surface area contributed by atoms with Gasteiger partial charge in [0.05, 0.1) is 18.9 Å². The number of thioether (sulfide) groups is 1. The van der Waals surface area contributed by atoms with Crippen LogP contribution in [0.4, 0.5) is 0 Å². The van der Waals surface area contributed by atoms with Crippen LogP contribution in [-0.2, 0) is 19.1 Å². The summed E-state index contributed by atoms with van der Waals surface area (Å²) in [6.45, 7) is 2.02. The number of imide groups is 1. The van der Waals surface area contributed by atoms with Gasteiger partial charge in [-0.15, -0.1) is 0 Å². The smallest absolute Gasteiger partial charge is 0.326 e. The molecule has 0 unspecified atom stereocenters. The van der Waals surface area contributed by atoms with Crippen LogP contribution in [0.15, 0.2) is 24.3 Å². The lowest BCUT2D eigenvalue weighted by atomic mass is 9.78. The Morgan fingerprint density at radius 1 is 1.30 bits per heavy atom. The summed E-state index contributed by atoms with van der Waals surface area (Å²) < 4.78 is 5.07. The number of likely N-dealkylation sites (tertiary alicyclic amines) is 1. The molecule has 1 aromatic rings. The van der Waals surface area contributed by atoms with E-state index >= 15 is 0 Å². The summed E-state index contributed by atoms with van der Waals surface area (Å²) in [7, 11) is 1.30. The Bertz CT molecular complexity index is 753. The summed E-state index contributed by atoms with van der Waals surface area (Å²) in [5, 5.41) is 12.9. The van der Waals surface area contributed by atoms with Crippen molar-refractivity contribution in [1.82, 2.24) is 10.2 Å². The molecule has 0 bridgehead atoms. The van der Waals surface area contributed by atoms with Crippen LogP contribution in [0.5, 0.6) is 5.75 Å². The molecule has 0 aromatic heterocycles.